The van der Waals surface area contributed by atoms with Crippen molar-refractivity contribution in [2.45, 2.75) is 0 Å². The molecule has 0 bridgehead atoms. The molecule has 0 amide bonds. The first kappa shape index (κ1) is 16.3. The van der Waals surface area contributed by atoms with Crippen molar-refractivity contribution >= 4 is 23.1 Å². The smallest absolute Gasteiger partial charge is 0.343 e. The van der Waals surface area contributed by atoms with Gasteiger partial charge in [0.2, 0.25) is 0 Å². The fourth-order valence-electron chi connectivity index (χ4n) is 2.39. The van der Waals surface area contributed by atoms with Gasteiger partial charge in [0.15, 0.2) is 5.78 Å². The van der Waals surface area contributed by atoms with E-state index in [0.717, 1.165) is 0 Å². The van der Waals surface area contributed by atoms with Gasteiger partial charge in [0.05, 0.1) is 5.56 Å². The summed E-state index contributed by atoms with van der Waals surface area (Å²) in [6.45, 7) is 0. The van der Waals surface area contributed by atoms with Crippen LogP contribution in [0.5, 0.6) is 5.75 Å². The summed E-state index contributed by atoms with van der Waals surface area (Å²) in [6, 6.07) is 19.9. The van der Waals surface area contributed by atoms with Gasteiger partial charge in [-0.15, -0.1) is 0 Å². The van der Waals surface area contributed by atoms with Gasteiger partial charge in [-0.3, -0.25) is 4.79 Å². The molecule has 0 aliphatic carbocycles. The zero-order valence-electron chi connectivity index (χ0n) is 13.3. The summed E-state index contributed by atoms with van der Waals surface area (Å²) in [5.41, 5.74) is 13.5. The zero-order valence-corrected chi connectivity index (χ0v) is 13.3. The number of nitrogen functional groups attached to an aromatic ring is 2. The molecule has 0 aromatic heterocycles. The van der Waals surface area contributed by atoms with Crippen LogP contribution in [0.25, 0.3) is 0 Å². The Morgan fingerprint density at radius 1 is 0.680 bits per heavy atom. The summed E-state index contributed by atoms with van der Waals surface area (Å²) in [7, 11) is 0. The molecule has 0 aliphatic rings. The Bertz CT molecular complexity index is 899. The number of ether oxygens (including phenoxy) is 1. The van der Waals surface area contributed by atoms with Crippen molar-refractivity contribution in [1.29, 1.82) is 0 Å². The second kappa shape index (κ2) is 6.88. The van der Waals surface area contributed by atoms with E-state index in [-0.39, 0.29) is 11.3 Å². The van der Waals surface area contributed by atoms with Crippen LogP contribution in [0.4, 0.5) is 11.4 Å². The Balaban J connectivity index is 1.74. The van der Waals surface area contributed by atoms with Crippen LogP contribution >= 0.6 is 0 Å². The van der Waals surface area contributed by atoms with Gasteiger partial charge in [0.25, 0.3) is 0 Å². The topological polar surface area (TPSA) is 95.4 Å². The molecule has 0 fully saturated rings. The highest BCUT2D eigenvalue weighted by Gasteiger charge is 2.12. The van der Waals surface area contributed by atoms with Crippen molar-refractivity contribution in [3.8, 4) is 5.75 Å². The van der Waals surface area contributed by atoms with Crippen LogP contribution in [0.3, 0.4) is 0 Å². The molecule has 124 valence electrons. The van der Waals surface area contributed by atoms with E-state index in [1.54, 1.807) is 54.6 Å². The summed E-state index contributed by atoms with van der Waals surface area (Å²) in [4.78, 5) is 24.5. The first-order valence-corrected chi connectivity index (χ1v) is 7.61. The molecular formula is C20H16N2O3. The molecule has 0 saturated heterocycles. The second-order valence-corrected chi connectivity index (χ2v) is 5.50. The van der Waals surface area contributed by atoms with Gasteiger partial charge in [-0.25, -0.2) is 4.79 Å². The standard InChI is InChI=1S/C20H16N2O3/c21-16-10-15(11-17(22)12-16)20(24)25-18-8-6-14(7-9-18)19(23)13-4-2-1-3-5-13/h1-12H,21-22H2. The largest absolute Gasteiger partial charge is 0.423 e. The molecule has 0 saturated carbocycles. The van der Waals surface area contributed by atoms with Gasteiger partial charge < -0.3 is 16.2 Å². The third-order valence-electron chi connectivity index (χ3n) is 3.58. The molecule has 0 unspecified atom stereocenters. The predicted octanol–water partition coefficient (Wildman–Crippen LogP) is 3.30. The zero-order chi connectivity index (χ0) is 17.8. The van der Waals surface area contributed by atoms with E-state index < -0.39 is 5.97 Å². The van der Waals surface area contributed by atoms with Crippen molar-refractivity contribution in [2.24, 2.45) is 0 Å². The summed E-state index contributed by atoms with van der Waals surface area (Å²) in [5, 5.41) is 0. The first-order chi connectivity index (χ1) is 12.0. The maximum Gasteiger partial charge on any atom is 0.343 e. The van der Waals surface area contributed by atoms with Gasteiger partial charge >= 0.3 is 5.97 Å². The summed E-state index contributed by atoms with van der Waals surface area (Å²) in [5.74, 6) is -0.334. The number of carbonyl (C=O) groups is 2. The minimum Gasteiger partial charge on any atom is -0.423 e. The van der Waals surface area contributed by atoms with Gasteiger partial charge in [0.1, 0.15) is 5.75 Å². The Morgan fingerprint density at radius 3 is 1.84 bits per heavy atom. The summed E-state index contributed by atoms with van der Waals surface area (Å²) >= 11 is 0. The predicted molar refractivity (Wildman–Crippen MR) is 96.5 cm³/mol. The molecule has 0 atom stereocenters. The number of hydrogen-bond acceptors (Lipinski definition) is 5. The lowest BCUT2D eigenvalue weighted by Gasteiger charge is -2.07. The maximum absolute atomic E-state index is 12.3. The van der Waals surface area contributed by atoms with Crippen molar-refractivity contribution in [3.05, 3.63) is 89.5 Å². The quantitative estimate of drug-likeness (QED) is 0.331. The third kappa shape index (κ3) is 3.84. The van der Waals surface area contributed by atoms with Crippen LogP contribution in [-0.4, -0.2) is 11.8 Å². The monoisotopic (exact) mass is 332 g/mol. The molecule has 3 aromatic carbocycles. The van der Waals surface area contributed by atoms with Gasteiger partial charge in [-0.1, -0.05) is 30.3 Å². The molecule has 4 N–H and O–H groups in total. The van der Waals surface area contributed by atoms with Crippen molar-refractivity contribution < 1.29 is 14.3 Å². The molecule has 3 aromatic rings. The van der Waals surface area contributed by atoms with Crippen LogP contribution in [0.2, 0.25) is 0 Å². The van der Waals surface area contributed by atoms with Crippen molar-refractivity contribution in [2.75, 3.05) is 11.5 Å². The minimum absolute atomic E-state index is 0.0953. The van der Waals surface area contributed by atoms with Crippen molar-refractivity contribution in [3.63, 3.8) is 0 Å². The highest BCUT2D eigenvalue weighted by atomic mass is 16.5. The number of nitrogens with two attached hydrogens (primary N) is 2. The number of anilines is 2. The molecule has 0 heterocycles. The maximum atomic E-state index is 12.3. The second-order valence-electron chi connectivity index (χ2n) is 5.50. The third-order valence-corrected chi connectivity index (χ3v) is 3.58. The Hall–Kier alpha value is -3.60. The molecule has 0 aliphatic heterocycles. The average molecular weight is 332 g/mol. The number of hydrogen-bond donors (Lipinski definition) is 2. The van der Waals surface area contributed by atoms with Gasteiger partial charge in [0, 0.05) is 22.5 Å². The van der Waals surface area contributed by atoms with E-state index >= 15 is 0 Å². The number of esters is 1. The average Bonchev–Trinajstić information content (AvgIpc) is 2.61. The number of ketones is 1. The Kier molecular flexibility index (Phi) is 4.48. The lowest BCUT2D eigenvalue weighted by Crippen LogP contribution is -2.10. The van der Waals surface area contributed by atoms with Crippen LogP contribution < -0.4 is 16.2 Å². The van der Waals surface area contributed by atoms with Gasteiger partial charge in [-0.05, 0) is 42.5 Å². The van der Waals surface area contributed by atoms with E-state index in [2.05, 4.69) is 0 Å². The molecule has 25 heavy (non-hydrogen) atoms. The highest BCUT2D eigenvalue weighted by Crippen LogP contribution is 2.19. The number of rotatable bonds is 4. The van der Waals surface area contributed by atoms with Crippen LogP contribution in [-0.2, 0) is 0 Å². The lowest BCUT2D eigenvalue weighted by atomic mass is 10.0. The van der Waals surface area contributed by atoms with E-state index in [1.807, 2.05) is 6.07 Å². The molecular weight excluding hydrogens is 316 g/mol. The van der Waals surface area contributed by atoms with Crippen molar-refractivity contribution in [1.82, 2.24) is 0 Å². The van der Waals surface area contributed by atoms with Crippen LogP contribution in [0, 0.1) is 0 Å². The Labute approximate surface area is 144 Å². The summed E-state index contributed by atoms with van der Waals surface area (Å²) < 4.78 is 5.29. The van der Waals surface area contributed by atoms with Crippen LogP contribution in [0.15, 0.2) is 72.8 Å². The normalized spacial score (nSPS) is 10.2. The van der Waals surface area contributed by atoms with E-state index in [4.69, 9.17) is 16.2 Å². The van der Waals surface area contributed by atoms with Crippen LogP contribution in [0.1, 0.15) is 26.3 Å². The minimum atomic E-state index is -0.568. The SMILES string of the molecule is Nc1cc(N)cc(C(=O)Oc2ccc(C(=O)c3ccccc3)cc2)c1. The first-order valence-electron chi connectivity index (χ1n) is 7.61. The van der Waals surface area contributed by atoms with E-state index in [9.17, 15) is 9.59 Å². The summed E-state index contributed by atoms with van der Waals surface area (Å²) in [6.07, 6.45) is 0. The highest BCUT2D eigenvalue weighted by molar-refractivity contribution is 6.09. The lowest BCUT2D eigenvalue weighted by molar-refractivity contribution is 0.0735. The molecule has 3 rings (SSSR count). The van der Waals surface area contributed by atoms with Gasteiger partial charge in [-0.2, -0.15) is 0 Å². The Morgan fingerprint density at radius 2 is 1.24 bits per heavy atom. The number of benzene rings is 3. The molecule has 5 nitrogen and oxygen atoms in total. The molecule has 0 spiro atoms. The van der Waals surface area contributed by atoms with E-state index in [1.165, 1.54) is 12.1 Å². The molecule has 5 heteroatoms. The fraction of sp³-hybridized carbons (Fsp3) is 0. The molecule has 0 radical (unpaired) electrons. The number of carbonyl (C=O) groups excluding carboxylic acids is 2. The van der Waals surface area contributed by atoms with E-state index in [0.29, 0.717) is 28.3 Å². The fourth-order valence-corrected chi connectivity index (χ4v) is 2.39.